The Morgan fingerprint density at radius 1 is 1.31 bits per heavy atom. The first kappa shape index (κ1) is 18.8. The summed E-state index contributed by atoms with van der Waals surface area (Å²) in [4.78, 5) is 26.7. The number of aryl methyl sites for hydroxylation is 2. The van der Waals surface area contributed by atoms with Crippen molar-refractivity contribution < 1.29 is 28.4 Å². The normalized spacial score (nSPS) is 17.8. The summed E-state index contributed by atoms with van der Waals surface area (Å²) in [5.41, 5.74) is 2.72. The molecule has 0 radical (unpaired) electrons. The van der Waals surface area contributed by atoms with E-state index in [1.165, 1.54) is 0 Å². The first-order valence-corrected chi connectivity index (χ1v) is 9.89. The molecule has 0 unspecified atom stereocenters. The van der Waals surface area contributed by atoms with Crippen molar-refractivity contribution in [3.05, 3.63) is 24.0 Å². The third-order valence-corrected chi connectivity index (χ3v) is 5.36. The number of fused-ring (bicyclic) bond motifs is 1. The van der Waals surface area contributed by atoms with Crippen LogP contribution in [0.5, 0.6) is 0 Å². The van der Waals surface area contributed by atoms with Crippen molar-refractivity contribution in [2.45, 2.75) is 19.3 Å². The van der Waals surface area contributed by atoms with Crippen LogP contribution >= 0.6 is 7.82 Å². The number of phosphoric acid groups is 1. The maximum atomic E-state index is 11.4. The molecule has 1 aromatic carbocycles. The Hall–Kier alpha value is -1.93. The molecule has 1 aliphatic rings. The quantitative estimate of drug-likeness (QED) is 0.753. The smallest absolute Gasteiger partial charge is 0.472 e. The number of aromatic nitrogens is 2. The molecule has 0 atom stereocenters. The Morgan fingerprint density at radius 3 is 2.65 bits per heavy atom. The molecule has 1 aliphatic heterocycles. The molecule has 0 aliphatic carbocycles. The summed E-state index contributed by atoms with van der Waals surface area (Å²) in [7, 11) is -2.00. The molecule has 3 rings (SSSR count). The van der Waals surface area contributed by atoms with Crippen molar-refractivity contribution in [3.8, 4) is 0 Å². The van der Waals surface area contributed by atoms with Gasteiger partial charge in [0.05, 0.1) is 24.2 Å². The Balaban J connectivity index is 1.76. The number of benzene rings is 1. The summed E-state index contributed by atoms with van der Waals surface area (Å²) >= 11 is 0. The Kier molecular flexibility index (Phi) is 5.62. The number of rotatable bonds is 5. The van der Waals surface area contributed by atoms with Crippen LogP contribution in [0.3, 0.4) is 0 Å². The van der Waals surface area contributed by atoms with Gasteiger partial charge in [-0.1, -0.05) is 0 Å². The third kappa shape index (κ3) is 4.42. The molecule has 142 valence electrons. The summed E-state index contributed by atoms with van der Waals surface area (Å²) in [5, 5.41) is 8.77. The second-order valence-corrected chi connectivity index (χ2v) is 7.58. The largest absolute Gasteiger partial charge is 0.481 e. The first-order chi connectivity index (χ1) is 12.4. The summed E-state index contributed by atoms with van der Waals surface area (Å²) in [6.07, 6.45) is 1.27. The highest BCUT2D eigenvalue weighted by molar-refractivity contribution is 7.47. The van der Waals surface area contributed by atoms with Crippen LogP contribution in [0.15, 0.2) is 18.2 Å². The van der Waals surface area contributed by atoms with E-state index in [1.54, 1.807) is 0 Å². The average Bonchev–Trinajstić information content (AvgIpc) is 2.87. The number of hydrogen-bond acceptors (Lipinski definition) is 6. The van der Waals surface area contributed by atoms with E-state index in [0.29, 0.717) is 25.9 Å². The van der Waals surface area contributed by atoms with Gasteiger partial charge < -0.3 is 19.5 Å². The molecule has 9 nitrogen and oxygen atoms in total. The van der Waals surface area contributed by atoms with Crippen molar-refractivity contribution in [3.63, 3.8) is 0 Å². The molecule has 0 amide bonds. The molecule has 2 N–H and O–H groups in total. The molecule has 26 heavy (non-hydrogen) atoms. The van der Waals surface area contributed by atoms with Gasteiger partial charge in [0.15, 0.2) is 0 Å². The number of aliphatic carboxylic acids is 1. The number of anilines is 1. The number of imidazole rings is 1. The minimum atomic E-state index is -3.92. The molecular formula is C16H22N3O6P. The van der Waals surface area contributed by atoms with E-state index in [9.17, 15) is 14.3 Å². The summed E-state index contributed by atoms with van der Waals surface area (Å²) in [5.74, 6) is 0.0407. The Bertz CT molecular complexity index is 838. The molecule has 1 fully saturated rings. The summed E-state index contributed by atoms with van der Waals surface area (Å²) < 4.78 is 23.2. The van der Waals surface area contributed by atoms with Crippen LogP contribution in [0.2, 0.25) is 0 Å². The molecule has 2 aromatic rings. The number of carboxylic acid groups (broad SMARTS) is 1. The van der Waals surface area contributed by atoms with Crippen LogP contribution in [0, 0.1) is 0 Å². The van der Waals surface area contributed by atoms with Crippen molar-refractivity contribution in [1.29, 1.82) is 0 Å². The standard InChI is InChI=1S/C16H22N3O6P/c1-18-14-6-5-12(19-7-9-24-26(22,23)25-10-8-19)11-13(14)17-15(18)3-2-4-16(20)21/h5-6,11H,2-4,7-10H2,1H3,(H,20,21)(H,22,23). The number of hydrogen-bond donors (Lipinski definition) is 2. The maximum absolute atomic E-state index is 11.4. The van der Waals surface area contributed by atoms with E-state index >= 15 is 0 Å². The second kappa shape index (κ2) is 7.75. The zero-order valence-corrected chi connectivity index (χ0v) is 15.4. The summed E-state index contributed by atoms with van der Waals surface area (Å²) in [6.45, 7) is 1.12. The SMILES string of the molecule is Cn1c(CCCC(=O)O)nc2cc(N3CCOP(=O)(O)OCC3)ccc21. The van der Waals surface area contributed by atoms with Gasteiger partial charge in [-0.2, -0.15) is 0 Å². The van der Waals surface area contributed by atoms with Gasteiger partial charge in [-0.15, -0.1) is 0 Å². The Labute approximate surface area is 150 Å². The molecule has 2 heterocycles. The van der Waals surface area contributed by atoms with Crippen LogP contribution in [0.25, 0.3) is 11.0 Å². The lowest BCUT2D eigenvalue weighted by molar-refractivity contribution is -0.137. The van der Waals surface area contributed by atoms with Crippen molar-refractivity contribution >= 4 is 30.5 Å². The topological polar surface area (TPSA) is 114 Å². The van der Waals surface area contributed by atoms with Gasteiger partial charge in [0.1, 0.15) is 5.82 Å². The van der Waals surface area contributed by atoms with Crippen LogP contribution < -0.4 is 4.90 Å². The zero-order valence-electron chi connectivity index (χ0n) is 14.5. The lowest BCUT2D eigenvalue weighted by Crippen LogP contribution is -2.32. The van der Waals surface area contributed by atoms with E-state index in [4.69, 9.17) is 14.2 Å². The Morgan fingerprint density at radius 2 is 2.00 bits per heavy atom. The lowest BCUT2D eigenvalue weighted by atomic mass is 10.2. The molecule has 0 bridgehead atoms. The number of carboxylic acids is 1. The molecule has 0 spiro atoms. The highest BCUT2D eigenvalue weighted by Crippen LogP contribution is 2.43. The molecule has 1 aromatic heterocycles. The van der Waals surface area contributed by atoms with Crippen molar-refractivity contribution in [1.82, 2.24) is 9.55 Å². The predicted molar refractivity (Wildman–Crippen MR) is 95.2 cm³/mol. The molecular weight excluding hydrogens is 361 g/mol. The average molecular weight is 383 g/mol. The van der Waals surface area contributed by atoms with Gasteiger partial charge in [-0.25, -0.2) is 9.55 Å². The van der Waals surface area contributed by atoms with Gasteiger partial charge in [0, 0.05) is 38.7 Å². The van der Waals surface area contributed by atoms with Gasteiger partial charge >= 0.3 is 13.8 Å². The number of phosphoric ester groups is 1. The molecule has 1 saturated heterocycles. The van der Waals surface area contributed by atoms with E-state index in [-0.39, 0.29) is 19.6 Å². The van der Waals surface area contributed by atoms with Crippen LogP contribution in [-0.4, -0.2) is 51.8 Å². The van der Waals surface area contributed by atoms with Gasteiger partial charge in [0.25, 0.3) is 0 Å². The lowest BCUT2D eigenvalue weighted by Gasteiger charge is -2.27. The van der Waals surface area contributed by atoms with E-state index in [0.717, 1.165) is 22.5 Å². The fourth-order valence-electron chi connectivity index (χ4n) is 3.00. The highest BCUT2D eigenvalue weighted by Gasteiger charge is 2.24. The fraction of sp³-hybridized carbons (Fsp3) is 0.500. The monoisotopic (exact) mass is 383 g/mol. The fourth-order valence-corrected chi connectivity index (χ4v) is 3.70. The zero-order chi connectivity index (χ0) is 18.7. The van der Waals surface area contributed by atoms with Crippen molar-refractivity contribution in [2.75, 3.05) is 31.2 Å². The van der Waals surface area contributed by atoms with Gasteiger partial charge in [0.2, 0.25) is 0 Å². The second-order valence-electron chi connectivity index (χ2n) is 6.13. The first-order valence-electron chi connectivity index (χ1n) is 8.40. The summed E-state index contributed by atoms with van der Waals surface area (Å²) in [6, 6.07) is 5.89. The molecule has 0 saturated carbocycles. The van der Waals surface area contributed by atoms with Crippen LogP contribution in [0.1, 0.15) is 18.7 Å². The predicted octanol–water partition coefficient (Wildman–Crippen LogP) is 1.93. The minimum absolute atomic E-state index is 0.0917. The van der Waals surface area contributed by atoms with Crippen molar-refractivity contribution in [2.24, 2.45) is 7.05 Å². The highest BCUT2D eigenvalue weighted by atomic mass is 31.2. The van der Waals surface area contributed by atoms with E-state index in [2.05, 4.69) is 4.98 Å². The maximum Gasteiger partial charge on any atom is 0.472 e. The number of carbonyl (C=O) groups is 1. The van der Waals surface area contributed by atoms with E-state index in [1.807, 2.05) is 34.7 Å². The van der Waals surface area contributed by atoms with Gasteiger partial charge in [-0.05, 0) is 24.6 Å². The van der Waals surface area contributed by atoms with Crippen LogP contribution in [0.4, 0.5) is 5.69 Å². The van der Waals surface area contributed by atoms with Gasteiger partial charge in [-0.3, -0.25) is 13.8 Å². The van der Waals surface area contributed by atoms with E-state index < -0.39 is 13.8 Å². The third-order valence-electron chi connectivity index (χ3n) is 4.34. The number of nitrogens with zero attached hydrogens (tertiary/aromatic N) is 3. The molecule has 10 heteroatoms. The minimum Gasteiger partial charge on any atom is -0.481 e. The van der Waals surface area contributed by atoms with Crippen LogP contribution in [-0.2, 0) is 31.9 Å².